The first-order valence-corrected chi connectivity index (χ1v) is 7.62. The third-order valence-electron chi connectivity index (χ3n) is 3.78. The maximum atomic E-state index is 6.33. The Labute approximate surface area is 128 Å². The Morgan fingerprint density at radius 2 is 1.76 bits per heavy atom. The van der Waals surface area contributed by atoms with Gasteiger partial charge in [0.2, 0.25) is 0 Å². The molecule has 0 aliphatic rings. The number of ether oxygens (including phenoxy) is 1. The Kier molecular flexibility index (Phi) is 5.40. The van der Waals surface area contributed by atoms with Gasteiger partial charge in [0.15, 0.2) is 0 Å². The SMILES string of the molecule is CCNCC(Oc1cc(C)cc(C)c1C)c1ccccc1. The van der Waals surface area contributed by atoms with Gasteiger partial charge in [0.1, 0.15) is 11.9 Å². The summed E-state index contributed by atoms with van der Waals surface area (Å²) in [5.41, 5.74) is 4.94. The molecule has 21 heavy (non-hydrogen) atoms. The van der Waals surface area contributed by atoms with Gasteiger partial charge in [-0.05, 0) is 55.6 Å². The second-order valence-electron chi connectivity index (χ2n) is 5.53. The molecule has 2 nitrogen and oxygen atoms in total. The van der Waals surface area contributed by atoms with Gasteiger partial charge in [0.05, 0.1) is 0 Å². The number of hydrogen-bond acceptors (Lipinski definition) is 2. The molecule has 0 bridgehead atoms. The van der Waals surface area contributed by atoms with Gasteiger partial charge in [-0.1, -0.05) is 43.3 Å². The largest absolute Gasteiger partial charge is 0.484 e. The topological polar surface area (TPSA) is 21.3 Å². The molecule has 1 N–H and O–H groups in total. The van der Waals surface area contributed by atoms with Crippen LogP contribution in [0.4, 0.5) is 0 Å². The standard InChI is InChI=1S/C19H25NO/c1-5-20-13-19(17-9-7-6-8-10-17)21-18-12-14(2)11-15(3)16(18)4/h6-12,19-20H,5,13H2,1-4H3. The Morgan fingerprint density at radius 3 is 2.43 bits per heavy atom. The van der Waals surface area contributed by atoms with Gasteiger partial charge in [0.25, 0.3) is 0 Å². The third-order valence-corrected chi connectivity index (χ3v) is 3.78. The van der Waals surface area contributed by atoms with Crippen LogP contribution in [0.2, 0.25) is 0 Å². The van der Waals surface area contributed by atoms with Crippen molar-refractivity contribution in [3.8, 4) is 5.75 Å². The normalized spacial score (nSPS) is 12.2. The summed E-state index contributed by atoms with van der Waals surface area (Å²) >= 11 is 0. The molecule has 0 aliphatic heterocycles. The molecule has 1 atom stereocenters. The van der Waals surface area contributed by atoms with Crippen LogP contribution >= 0.6 is 0 Å². The van der Waals surface area contributed by atoms with E-state index in [9.17, 15) is 0 Å². The highest BCUT2D eigenvalue weighted by Gasteiger charge is 2.14. The minimum absolute atomic E-state index is 0.0334. The summed E-state index contributed by atoms with van der Waals surface area (Å²) in [6.45, 7) is 10.2. The zero-order valence-electron chi connectivity index (χ0n) is 13.4. The summed E-state index contributed by atoms with van der Waals surface area (Å²) in [4.78, 5) is 0. The zero-order chi connectivity index (χ0) is 15.2. The molecule has 2 rings (SSSR count). The first kappa shape index (κ1) is 15.6. The van der Waals surface area contributed by atoms with E-state index in [0.29, 0.717) is 0 Å². The van der Waals surface area contributed by atoms with Crippen molar-refractivity contribution < 1.29 is 4.74 Å². The molecular weight excluding hydrogens is 258 g/mol. The summed E-state index contributed by atoms with van der Waals surface area (Å²) in [5.74, 6) is 0.985. The predicted molar refractivity (Wildman–Crippen MR) is 89.0 cm³/mol. The minimum atomic E-state index is 0.0334. The zero-order valence-corrected chi connectivity index (χ0v) is 13.4. The van der Waals surface area contributed by atoms with Crippen LogP contribution in [-0.4, -0.2) is 13.1 Å². The molecule has 0 amide bonds. The van der Waals surface area contributed by atoms with E-state index in [2.05, 4.69) is 69.4 Å². The van der Waals surface area contributed by atoms with E-state index in [1.54, 1.807) is 0 Å². The van der Waals surface area contributed by atoms with E-state index < -0.39 is 0 Å². The Bertz CT molecular complexity index is 578. The predicted octanol–water partition coefficient (Wildman–Crippen LogP) is 4.34. The van der Waals surface area contributed by atoms with Gasteiger partial charge in [-0.15, -0.1) is 0 Å². The number of rotatable bonds is 6. The van der Waals surface area contributed by atoms with Crippen molar-refractivity contribution >= 4 is 0 Å². The van der Waals surface area contributed by atoms with Crippen molar-refractivity contribution in [2.45, 2.75) is 33.8 Å². The van der Waals surface area contributed by atoms with Gasteiger partial charge < -0.3 is 10.1 Å². The van der Waals surface area contributed by atoms with E-state index in [1.165, 1.54) is 22.3 Å². The maximum absolute atomic E-state index is 6.33. The Balaban J connectivity index is 2.27. The lowest BCUT2D eigenvalue weighted by molar-refractivity contribution is 0.201. The summed E-state index contributed by atoms with van der Waals surface area (Å²) in [6.07, 6.45) is 0.0334. The van der Waals surface area contributed by atoms with E-state index in [4.69, 9.17) is 4.74 Å². The molecule has 0 heterocycles. The summed E-state index contributed by atoms with van der Waals surface area (Å²) in [7, 11) is 0. The van der Waals surface area contributed by atoms with Crippen LogP contribution in [0.25, 0.3) is 0 Å². The molecule has 1 unspecified atom stereocenters. The minimum Gasteiger partial charge on any atom is -0.484 e. The maximum Gasteiger partial charge on any atom is 0.136 e. The molecule has 0 saturated heterocycles. The van der Waals surface area contributed by atoms with Crippen LogP contribution in [0.3, 0.4) is 0 Å². The molecule has 0 aliphatic carbocycles. The third kappa shape index (κ3) is 4.08. The smallest absolute Gasteiger partial charge is 0.136 e. The van der Waals surface area contributed by atoms with Crippen molar-refractivity contribution in [1.82, 2.24) is 5.32 Å². The van der Waals surface area contributed by atoms with Crippen LogP contribution in [0.5, 0.6) is 5.75 Å². The van der Waals surface area contributed by atoms with Crippen LogP contribution in [0.15, 0.2) is 42.5 Å². The van der Waals surface area contributed by atoms with E-state index in [-0.39, 0.29) is 6.10 Å². The van der Waals surface area contributed by atoms with E-state index >= 15 is 0 Å². The average molecular weight is 283 g/mol. The number of likely N-dealkylation sites (N-methyl/N-ethyl adjacent to an activating group) is 1. The highest BCUT2D eigenvalue weighted by molar-refractivity contribution is 5.42. The van der Waals surface area contributed by atoms with Crippen molar-refractivity contribution in [2.75, 3.05) is 13.1 Å². The summed E-state index contributed by atoms with van der Waals surface area (Å²) in [5, 5.41) is 3.39. The molecule has 112 valence electrons. The van der Waals surface area contributed by atoms with E-state index in [1.807, 2.05) is 6.07 Å². The lowest BCUT2D eigenvalue weighted by Crippen LogP contribution is -2.25. The molecule has 0 spiro atoms. The molecule has 2 aromatic carbocycles. The second kappa shape index (κ2) is 7.28. The van der Waals surface area contributed by atoms with Gasteiger partial charge in [-0.3, -0.25) is 0 Å². The Hall–Kier alpha value is -1.80. The van der Waals surface area contributed by atoms with Crippen LogP contribution < -0.4 is 10.1 Å². The number of nitrogens with one attached hydrogen (secondary N) is 1. The highest BCUT2D eigenvalue weighted by Crippen LogP contribution is 2.28. The van der Waals surface area contributed by atoms with Gasteiger partial charge in [0, 0.05) is 6.54 Å². The van der Waals surface area contributed by atoms with Crippen molar-refractivity contribution in [1.29, 1.82) is 0 Å². The second-order valence-corrected chi connectivity index (χ2v) is 5.53. The lowest BCUT2D eigenvalue weighted by Gasteiger charge is -2.22. The van der Waals surface area contributed by atoms with Crippen LogP contribution in [0, 0.1) is 20.8 Å². The number of aryl methyl sites for hydroxylation is 2. The van der Waals surface area contributed by atoms with Crippen LogP contribution in [0.1, 0.15) is 35.3 Å². The molecule has 0 aromatic heterocycles. The lowest BCUT2D eigenvalue weighted by atomic mass is 10.0. The number of benzene rings is 2. The summed E-state index contributed by atoms with van der Waals surface area (Å²) < 4.78 is 6.33. The van der Waals surface area contributed by atoms with Gasteiger partial charge in [-0.25, -0.2) is 0 Å². The monoisotopic (exact) mass is 283 g/mol. The summed E-state index contributed by atoms with van der Waals surface area (Å²) in [6, 6.07) is 14.7. The fourth-order valence-electron chi connectivity index (χ4n) is 2.45. The van der Waals surface area contributed by atoms with Gasteiger partial charge >= 0.3 is 0 Å². The average Bonchev–Trinajstić information content (AvgIpc) is 2.49. The molecule has 0 fully saturated rings. The fraction of sp³-hybridized carbons (Fsp3) is 0.368. The van der Waals surface area contributed by atoms with Crippen molar-refractivity contribution in [3.63, 3.8) is 0 Å². The van der Waals surface area contributed by atoms with Crippen molar-refractivity contribution in [2.24, 2.45) is 0 Å². The first-order chi connectivity index (χ1) is 10.1. The molecule has 2 heteroatoms. The van der Waals surface area contributed by atoms with E-state index in [0.717, 1.165) is 18.8 Å². The molecular formula is C19H25NO. The fourth-order valence-corrected chi connectivity index (χ4v) is 2.45. The molecule has 0 saturated carbocycles. The molecule has 0 radical (unpaired) electrons. The number of hydrogen-bond donors (Lipinski definition) is 1. The highest BCUT2D eigenvalue weighted by atomic mass is 16.5. The Morgan fingerprint density at radius 1 is 1.05 bits per heavy atom. The quantitative estimate of drug-likeness (QED) is 0.851. The first-order valence-electron chi connectivity index (χ1n) is 7.62. The molecule has 2 aromatic rings. The van der Waals surface area contributed by atoms with Crippen molar-refractivity contribution in [3.05, 3.63) is 64.7 Å². The van der Waals surface area contributed by atoms with Crippen LogP contribution in [-0.2, 0) is 0 Å². The van der Waals surface area contributed by atoms with Gasteiger partial charge in [-0.2, -0.15) is 0 Å².